The minimum atomic E-state index is -0.529. The molecule has 0 bridgehead atoms. The van der Waals surface area contributed by atoms with Gasteiger partial charge < -0.3 is 14.9 Å². The van der Waals surface area contributed by atoms with E-state index in [9.17, 15) is 9.59 Å². The van der Waals surface area contributed by atoms with E-state index in [1.54, 1.807) is 18.2 Å². The highest BCUT2D eigenvalue weighted by Gasteiger charge is 2.15. The molecule has 0 spiro atoms. The summed E-state index contributed by atoms with van der Waals surface area (Å²) in [5.74, 6) is -0.00647. The summed E-state index contributed by atoms with van der Waals surface area (Å²) in [5, 5.41) is 2.73. The van der Waals surface area contributed by atoms with Crippen molar-refractivity contribution in [2.75, 3.05) is 12.4 Å². The van der Waals surface area contributed by atoms with Crippen molar-refractivity contribution in [1.82, 2.24) is 4.73 Å². The quantitative estimate of drug-likeness (QED) is 0.714. The van der Waals surface area contributed by atoms with Crippen LogP contribution >= 0.6 is 0 Å². The maximum absolute atomic E-state index is 12.6. The number of ether oxygens (including phenoxy) is 1. The summed E-state index contributed by atoms with van der Waals surface area (Å²) < 4.78 is 6.34. The van der Waals surface area contributed by atoms with Crippen molar-refractivity contribution in [1.29, 1.82) is 0 Å². The van der Waals surface area contributed by atoms with Crippen LogP contribution in [-0.2, 0) is 6.61 Å². The maximum Gasteiger partial charge on any atom is 0.295 e. The van der Waals surface area contributed by atoms with Gasteiger partial charge in [-0.3, -0.25) is 9.59 Å². The fourth-order valence-electron chi connectivity index (χ4n) is 2.69. The van der Waals surface area contributed by atoms with Crippen LogP contribution in [0, 0.1) is 13.8 Å². The highest BCUT2D eigenvalue weighted by molar-refractivity contribution is 6.04. The van der Waals surface area contributed by atoms with Crippen molar-refractivity contribution >= 4 is 11.6 Å². The number of pyridine rings is 1. The Bertz CT molecular complexity index is 1040. The van der Waals surface area contributed by atoms with Gasteiger partial charge in [0.25, 0.3) is 11.5 Å². The fraction of sp³-hybridized carbons (Fsp3) is 0.182. The van der Waals surface area contributed by atoms with Crippen molar-refractivity contribution in [2.24, 2.45) is 0 Å². The molecule has 1 N–H and O–H groups in total. The monoisotopic (exact) mass is 378 g/mol. The molecule has 0 unspecified atom stereocenters. The maximum atomic E-state index is 12.6. The van der Waals surface area contributed by atoms with Crippen LogP contribution in [0.15, 0.2) is 65.6 Å². The Kier molecular flexibility index (Phi) is 5.79. The molecule has 28 heavy (non-hydrogen) atoms. The van der Waals surface area contributed by atoms with E-state index >= 15 is 0 Å². The molecule has 1 amide bonds. The van der Waals surface area contributed by atoms with E-state index in [0.717, 1.165) is 21.4 Å². The zero-order chi connectivity index (χ0) is 20.1. The smallest absolute Gasteiger partial charge is 0.295 e. The number of nitrogens with one attached hydrogen (secondary N) is 1. The molecule has 6 nitrogen and oxygen atoms in total. The first-order valence-corrected chi connectivity index (χ1v) is 8.84. The van der Waals surface area contributed by atoms with Gasteiger partial charge in [0.1, 0.15) is 17.9 Å². The van der Waals surface area contributed by atoms with Gasteiger partial charge in [0.2, 0.25) is 0 Å². The normalized spacial score (nSPS) is 10.4. The lowest BCUT2D eigenvalue weighted by molar-refractivity contribution is 0.0863. The van der Waals surface area contributed by atoms with Crippen molar-refractivity contribution in [2.45, 2.75) is 20.5 Å². The Balaban J connectivity index is 1.78. The molecule has 6 heteroatoms. The summed E-state index contributed by atoms with van der Waals surface area (Å²) in [5.41, 5.74) is 2.99. The number of aryl methyl sites for hydroxylation is 2. The van der Waals surface area contributed by atoms with Gasteiger partial charge in [-0.05, 0) is 49.2 Å². The summed E-state index contributed by atoms with van der Waals surface area (Å²) >= 11 is 0. The third-order valence-corrected chi connectivity index (χ3v) is 4.25. The molecule has 3 rings (SSSR count). The van der Waals surface area contributed by atoms with Gasteiger partial charge in [0.05, 0.1) is 12.8 Å². The van der Waals surface area contributed by atoms with Gasteiger partial charge in [-0.2, -0.15) is 4.73 Å². The predicted molar refractivity (Wildman–Crippen MR) is 108 cm³/mol. The minimum Gasteiger partial charge on any atom is -0.495 e. The van der Waals surface area contributed by atoms with Crippen LogP contribution < -0.4 is 20.5 Å². The van der Waals surface area contributed by atoms with Gasteiger partial charge in [0.15, 0.2) is 0 Å². The van der Waals surface area contributed by atoms with E-state index in [-0.39, 0.29) is 12.2 Å². The SMILES string of the molecule is COc1ccc(C)cc1NC(=O)c1cccn(OCc2ccc(C)cc2)c1=O. The summed E-state index contributed by atoms with van der Waals surface area (Å²) in [4.78, 5) is 30.9. The number of benzene rings is 2. The number of amides is 1. The summed E-state index contributed by atoms with van der Waals surface area (Å²) in [7, 11) is 1.52. The molecule has 1 heterocycles. The van der Waals surface area contributed by atoms with Gasteiger partial charge in [-0.25, -0.2) is 0 Å². The number of carbonyl (C=O) groups is 1. The van der Waals surface area contributed by atoms with Crippen molar-refractivity contribution in [3.05, 3.63) is 93.4 Å². The molecule has 3 aromatic rings. The zero-order valence-corrected chi connectivity index (χ0v) is 16.1. The standard InChI is InChI=1S/C22H22N2O4/c1-15-6-9-17(10-7-15)14-28-24-12-4-5-18(22(24)26)21(25)23-19-13-16(2)8-11-20(19)27-3/h4-13H,14H2,1-3H3,(H,23,25). The van der Waals surface area contributed by atoms with Crippen LogP contribution in [0.1, 0.15) is 27.0 Å². The Morgan fingerprint density at radius 2 is 1.75 bits per heavy atom. The molecule has 0 radical (unpaired) electrons. The second kappa shape index (κ2) is 8.43. The highest BCUT2D eigenvalue weighted by atomic mass is 16.7. The van der Waals surface area contributed by atoms with Crippen LogP contribution in [0.4, 0.5) is 5.69 Å². The van der Waals surface area contributed by atoms with Crippen LogP contribution in [0.2, 0.25) is 0 Å². The molecule has 2 aromatic carbocycles. The lowest BCUT2D eigenvalue weighted by atomic mass is 10.2. The first-order valence-electron chi connectivity index (χ1n) is 8.84. The highest BCUT2D eigenvalue weighted by Crippen LogP contribution is 2.25. The van der Waals surface area contributed by atoms with E-state index in [2.05, 4.69) is 5.32 Å². The number of anilines is 1. The van der Waals surface area contributed by atoms with E-state index in [4.69, 9.17) is 9.57 Å². The van der Waals surface area contributed by atoms with Crippen molar-refractivity contribution in [3.63, 3.8) is 0 Å². The number of hydrogen-bond donors (Lipinski definition) is 1. The molecule has 0 saturated heterocycles. The Labute approximate surface area is 163 Å². The number of carbonyl (C=O) groups excluding carboxylic acids is 1. The van der Waals surface area contributed by atoms with Crippen molar-refractivity contribution < 1.29 is 14.4 Å². The second-order valence-corrected chi connectivity index (χ2v) is 6.47. The first kappa shape index (κ1) is 19.2. The Hall–Kier alpha value is -3.54. The number of rotatable bonds is 6. The lowest BCUT2D eigenvalue weighted by Gasteiger charge is -2.12. The van der Waals surface area contributed by atoms with Gasteiger partial charge in [-0.1, -0.05) is 35.9 Å². The molecular weight excluding hydrogens is 356 g/mol. The van der Waals surface area contributed by atoms with Gasteiger partial charge >= 0.3 is 0 Å². The fourth-order valence-corrected chi connectivity index (χ4v) is 2.69. The summed E-state index contributed by atoms with van der Waals surface area (Å²) in [6, 6.07) is 16.3. The topological polar surface area (TPSA) is 69.6 Å². The minimum absolute atomic E-state index is 0.0186. The molecule has 0 atom stereocenters. The molecule has 0 saturated carbocycles. The van der Waals surface area contributed by atoms with Gasteiger partial charge in [0, 0.05) is 6.20 Å². The van der Waals surface area contributed by atoms with Crippen LogP contribution in [-0.4, -0.2) is 17.7 Å². The summed E-state index contributed by atoms with van der Waals surface area (Å²) in [6.07, 6.45) is 1.49. The third kappa shape index (κ3) is 4.40. The van der Waals surface area contributed by atoms with E-state index in [0.29, 0.717) is 11.4 Å². The predicted octanol–water partition coefficient (Wildman–Crippen LogP) is 3.35. The summed E-state index contributed by atoms with van der Waals surface area (Å²) in [6.45, 7) is 4.13. The van der Waals surface area contributed by atoms with E-state index in [1.807, 2.05) is 44.2 Å². The number of hydrogen-bond acceptors (Lipinski definition) is 4. The average Bonchev–Trinajstić information content (AvgIpc) is 2.68. The number of nitrogens with zero attached hydrogens (tertiary/aromatic N) is 1. The molecule has 1 aromatic heterocycles. The Morgan fingerprint density at radius 1 is 1.04 bits per heavy atom. The van der Waals surface area contributed by atoms with Crippen LogP contribution in [0.5, 0.6) is 5.75 Å². The van der Waals surface area contributed by atoms with Gasteiger partial charge in [-0.15, -0.1) is 0 Å². The van der Waals surface area contributed by atoms with Crippen LogP contribution in [0.3, 0.4) is 0 Å². The first-order chi connectivity index (χ1) is 13.5. The third-order valence-electron chi connectivity index (χ3n) is 4.25. The van der Waals surface area contributed by atoms with Crippen molar-refractivity contribution in [3.8, 4) is 5.75 Å². The molecule has 0 aliphatic heterocycles. The number of aromatic nitrogens is 1. The van der Waals surface area contributed by atoms with Crippen LogP contribution in [0.25, 0.3) is 0 Å². The van der Waals surface area contributed by atoms with E-state index in [1.165, 1.54) is 19.4 Å². The largest absolute Gasteiger partial charge is 0.495 e. The molecule has 0 aliphatic carbocycles. The number of methoxy groups -OCH3 is 1. The Morgan fingerprint density at radius 3 is 2.46 bits per heavy atom. The lowest BCUT2D eigenvalue weighted by Crippen LogP contribution is -2.32. The molecule has 0 aliphatic rings. The molecular formula is C22H22N2O4. The average molecular weight is 378 g/mol. The molecule has 144 valence electrons. The second-order valence-electron chi connectivity index (χ2n) is 6.47. The van der Waals surface area contributed by atoms with E-state index < -0.39 is 11.5 Å². The zero-order valence-electron chi connectivity index (χ0n) is 16.1. The molecule has 0 fully saturated rings.